The Labute approximate surface area is 148 Å². The second kappa shape index (κ2) is 6.87. The summed E-state index contributed by atoms with van der Waals surface area (Å²) in [5.41, 5.74) is 1.64. The maximum Gasteiger partial charge on any atom is 0.260 e. The van der Waals surface area contributed by atoms with Crippen LogP contribution in [0.4, 0.5) is 0 Å². The molecule has 4 nitrogen and oxygen atoms in total. The van der Waals surface area contributed by atoms with Crippen molar-refractivity contribution in [2.24, 2.45) is 13.0 Å². The van der Waals surface area contributed by atoms with Crippen LogP contribution in [0.3, 0.4) is 0 Å². The van der Waals surface area contributed by atoms with Crippen molar-refractivity contribution < 1.29 is 4.74 Å². The van der Waals surface area contributed by atoms with Crippen LogP contribution in [0.25, 0.3) is 21.7 Å². The van der Waals surface area contributed by atoms with E-state index >= 15 is 0 Å². The minimum Gasteiger partial charge on any atom is -0.491 e. The van der Waals surface area contributed by atoms with Crippen LogP contribution in [0.1, 0.15) is 39.3 Å². The van der Waals surface area contributed by atoms with Gasteiger partial charge in [0.25, 0.3) is 5.56 Å². The molecule has 0 N–H and O–H groups in total. The monoisotopic (exact) mass is 338 g/mol. The van der Waals surface area contributed by atoms with Crippen molar-refractivity contribution in [2.45, 2.75) is 46.6 Å². The molecule has 0 fully saturated rings. The molecule has 2 aromatic heterocycles. The predicted molar refractivity (Wildman–Crippen MR) is 103 cm³/mol. The van der Waals surface area contributed by atoms with Gasteiger partial charge in [-0.1, -0.05) is 13.8 Å². The third kappa shape index (κ3) is 3.39. The first-order valence-corrected chi connectivity index (χ1v) is 8.93. The Balaban J connectivity index is 2.05. The molecule has 1 unspecified atom stereocenters. The van der Waals surface area contributed by atoms with Gasteiger partial charge in [-0.3, -0.25) is 9.78 Å². The Morgan fingerprint density at radius 2 is 1.88 bits per heavy atom. The molecular weight excluding hydrogens is 312 g/mol. The van der Waals surface area contributed by atoms with Crippen LogP contribution in [-0.2, 0) is 7.05 Å². The summed E-state index contributed by atoms with van der Waals surface area (Å²) < 4.78 is 7.77. The Hall–Kier alpha value is -2.36. The number of nitrogens with zero attached hydrogens (tertiary/aromatic N) is 2. The number of pyridine rings is 2. The molecule has 0 saturated heterocycles. The third-order valence-electron chi connectivity index (χ3n) is 4.77. The van der Waals surface area contributed by atoms with Crippen LogP contribution in [-0.4, -0.2) is 15.7 Å². The zero-order valence-electron chi connectivity index (χ0n) is 15.7. The molecule has 4 heteroatoms. The number of benzene rings is 1. The topological polar surface area (TPSA) is 44.1 Å². The Kier molecular flexibility index (Phi) is 4.80. The van der Waals surface area contributed by atoms with Crippen molar-refractivity contribution in [1.29, 1.82) is 0 Å². The number of hydrogen-bond donors (Lipinski definition) is 0. The smallest absolute Gasteiger partial charge is 0.260 e. The van der Waals surface area contributed by atoms with E-state index in [0.717, 1.165) is 40.6 Å². The van der Waals surface area contributed by atoms with Gasteiger partial charge in [0, 0.05) is 24.7 Å². The SMILES string of the molecule is Cc1nccc2c1c(=O)n(C)c1cc(OC(C)CCC(C)C)ccc21. The minimum absolute atomic E-state index is 0.0156. The molecule has 1 atom stereocenters. The lowest BCUT2D eigenvalue weighted by Gasteiger charge is -2.17. The molecule has 0 spiro atoms. The molecule has 0 aliphatic heterocycles. The van der Waals surface area contributed by atoms with Crippen molar-refractivity contribution in [2.75, 3.05) is 0 Å². The summed E-state index contributed by atoms with van der Waals surface area (Å²) in [5.74, 6) is 1.48. The second-order valence-corrected chi connectivity index (χ2v) is 7.26. The van der Waals surface area contributed by atoms with Crippen LogP contribution in [0.5, 0.6) is 5.75 Å². The molecule has 1 aromatic carbocycles. The highest BCUT2D eigenvalue weighted by atomic mass is 16.5. The van der Waals surface area contributed by atoms with Gasteiger partial charge in [-0.05, 0) is 56.2 Å². The number of fused-ring (bicyclic) bond motifs is 3. The molecular formula is C21H26N2O2. The molecule has 3 rings (SSSR count). The number of aromatic nitrogens is 2. The van der Waals surface area contributed by atoms with Crippen molar-refractivity contribution in [1.82, 2.24) is 9.55 Å². The van der Waals surface area contributed by atoms with E-state index in [4.69, 9.17) is 4.74 Å². The fraction of sp³-hybridized carbons (Fsp3) is 0.429. The molecule has 3 aromatic rings. The molecule has 0 radical (unpaired) electrons. The first-order chi connectivity index (χ1) is 11.9. The zero-order chi connectivity index (χ0) is 18.1. The van der Waals surface area contributed by atoms with E-state index in [2.05, 4.69) is 25.8 Å². The van der Waals surface area contributed by atoms with E-state index in [-0.39, 0.29) is 11.7 Å². The Morgan fingerprint density at radius 1 is 1.12 bits per heavy atom. The van der Waals surface area contributed by atoms with Gasteiger partial charge < -0.3 is 9.30 Å². The predicted octanol–water partition coefficient (Wildman–Crippen LogP) is 4.60. The number of hydrogen-bond acceptors (Lipinski definition) is 3. The van der Waals surface area contributed by atoms with E-state index in [1.165, 1.54) is 0 Å². The minimum atomic E-state index is -0.0156. The Bertz CT molecular complexity index is 973. The molecule has 132 valence electrons. The van der Waals surface area contributed by atoms with Gasteiger partial charge >= 0.3 is 0 Å². The normalized spacial score (nSPS) is 12.9. The van der Waals surface area contributed by atoms with Crippen LogP contribution in [0.2, 0.25) is 0 Å². The van der Waals surface area contributed by atoms with E-state index < -0.39 is 0 Å². The van der Waals surface area contributed by atoms with E-state index in [1.807, 2.05) is 38.2 Å². The Morgan fingerprint density at radius 3 is 2.60 bits per heavy atom. The van der Waals surface area contributed by atoms with E-state index in [0.29, 0.717) is 11.3 Å². The summed E-state index contributed by atoms with van der Waals surface area (Å²) in [6, 6.07) is 7.92. The van der Waals surface area contributed by atoms with Crippen LogP contribution in [0, 0.1) is 12.8 Å². The highest BCUT2D eigenvalue weighted by Crippen LogP contribution is 2.27. The van der Waals surface area contributed by atoms with Crippen LogP contribution >= 0.6 is 0 Å². The van der Waals surface area contributed by atoms with Gasteiger partial charge in [-0.15, -0.1) is 0 Å². The molecule has 0 amide bonds. The van der Waals surface area contributed by atoms with Gasteiger partial charge in [0.05, 0.1) is 22.7 Å². The van der Waals surface area contributed by atoms with Crippen LogP contribution < -0.4 is 10.3 Å². The summed E-state index contributed by atoms with van der Waals surface area (Å²) in [7, 11) is 1.81. The maximum atomic E-state index is 12.8. The molecule has 0 saturated carbocycles. The lowest BCUT2D eigenvalue weighted by Crippen LogP contribution is -2.19. The summed E-state index contributed by atoms with van der Waals surface area (Å²) >= 11 is 0. The number of ether oxygens (including phenoxy) is 1. The maximum absolute atomic E-state index is 12.8. The first kappa shape index (κ1) is 17.5. The lowest BCUT2D eigenvalue weighted by molar-refractivity contribution is 0.202. The van der Waals surface area contributed by atoms with Gasteiger partial charge in [-0.25, -0.2) is 0 Å². The van der Waals surface area contributed by atoms with Crippen molar-refractivity contribution in [3.8, 4) is 5.75 Å². The van der Waals surface area contributed by atoms with Gasteiger partial charge in [0.15, 0.2) is 0 Å². The molecule has 0 bridgehead atoms. The quantitative estimate of drug-likeness (QED) is 0.639. The third-order valence-corrected chi connectivity index (χ3v) is 4.77. The average Bonchev–Trinajstić information content (AvgIpc) is 2.57. The summed E-state index contributed by atoms with van der Waals surface area (Å²) in [5, 5.41) is 2.69. The average molecular weight is 338 g/mol. The highest BCUT2D eigenvalue weighted by Gasteiger charge is 2.13. The second-order valence-electron chi connectivity index (χ2n) is 7.26. The van der Waals surface area contributed by atoms with E-state index in [9.17, 15) is 4.79 Å². The largest absolute Gasteiger partial charge is 0.491 e. The first-order valence-electron chi connectivity index (χ1n) is 8.93. The van der Waals surface area contributed by atoms with Gasteiger partial charge in [0.2, 0.25) is 0 Å². The van der Waals surface area contributed by atoms with Crippen molar-refractivity contribution in [3.05, 3.63) is 46.5 Å². The van der Waals surface area contributed by atoms with Crippen LogP contribution in [0.15, 0.2) is 35.3 Å². The summed E-state index contributed by atoms with van der Waals surface area (Å²) in [6.07, 6.45) is 4.08. The van der Waals surface area contributed by atoms with Gasteiger partial charge in [0.1, 0.15) is 5.75 Å². The van der Waals surface area contributed by atoms with E-state index in [1.54, 1.807) is 10.8 Å². The molecule has 0 aliphatic rings. The zero-order valence-corrected chi connectivity index (χ0v) is 15.7. The fourth-order valence-corrected chi connectivity index (χ4v) is 3.29. The standard InChI is InChI=1S/C21H26N2O2/c1-13(2)6-7-14(3)25-16-8-9-17-18-10-11-22-15(4)20(18)21(24)23(5)19(17)12-16/h8-14H,6-7H2,1-5H3. The molecule has 2 heterocycles. The molecule has 25 heavy (non-hydrogen) atoms. The number of aryl methyl sites for hydroxylation is 2. The van der Waals surface area contributed by atoms with Crippen molar-refractivity contribution in [3.63, 3.8) is 0 Å². The van der Waals surface area contributed by atoms with Crippen molar-refractivity contribution >= 4 is 21.7 Å². The number of rotatable bonds is 5. The van der Waals surface area contributed by atoms with Gasteiger partial charge in [-0.2, -0.15) is 0 Å². The highest BCUT2D eigenvalue weighted by molar-refractivity contribution is 6.06. The summed E-state index contributed by atoms with van der Waals surface area (Å²) in [6.45, 7) is 8.42. The summed E-state index contributed by atoms with van der Waals surface area (Å²) in [4.78, 5) is 17.0. The fourth-order valence-electron chi connectivity index (χ4n) is 3.29. The molecule has 0 aliphatic carbocycles. The lowest BCUT2D eigenvalue weighted by atomic mass is 10.0.